The maximum Gasteiger partial charge on any atom is 0.255 e. The van der Waals surface area contributed by atoms with E-state index in [1.54, 1.807) is 30.5 Å². The zero-order valence-electron chi connectivity index (χ0n) is 20.3. The Morgan fingerprint density at radius 2 is 1.68 bits per heavy atom. The molecular weight excluding hydrogens is 481 g/mol. The van der Waals surface area contributed by atoms with Gasteiger partial charge in [-0.15, -0.1) is 0 Å². The van der Waals surface area contributed by atoms with Crippen LogP contribution in [0.2, 0.25) is 0 Å². The number of nitrogen functional groups attached to an aromatic ring is 1. The molecule has 1 saturated heterocycles. The predicted octanol–water partition coefficient (Wildman–Crippen LogP) is 4.46. The Labute approximate surface area is 211 Å². The van der Waals surface area contributed by atoms with Gasteiger partial charge in [-0.1, -0.05) is 18.2 Å². The molecule has 3 N–H and O–H groups in total. The van der Waals surface area contributed by atoms with Crippen LogP contribution in [0, 0.1) is 12.9 Å². The number of fused-ring (bicyclic) bond motifs is 1. The normalized spacial score (nSPS) is 14.6. The molecule has 1 fully saturated rings. The number of nitrogens with zero attached hydrogens (tertiary/aromatic N) is 4. The van der Waals surface area contributed by atoms with Crippen LogP contribution in [-0.4, -0.2) is 59.0 Å². The Morgan fingerprint density at radius 1 is 0.973 bits per heavy atom. The van der Waals surface area contributed by atoms with Crippen LogP contribution in [0.4, 0.5) is 24.7 Å². The van der Waals surface area contributed by atoms with E-state index >= 15 is 0 Å². The molecule has 2 aromatic heterocycles. The molecule has 37 heavy (non-hydrogen) atoms. The molecule has 5 rings (SSSR count). The molecule has 7 nitrogen and oxygen atoms in total. The molecule has 2 aromatic carbocycles. The topological polar surface area (TPSA) is 91.1 Å². The van der Waals surface area contributed by atoms with Crippen LogP contribution in [0.1, 0.15) is 12.0 Å². The summed E-state index contributed by atoms with van der Waals surface area (Å²) in [6.07, 6.45) is -0.746. The van der Waals surface area contributed by atoms with E-state index in [1.165, 1.54) is 0 Å². The molecule has 0 saturated carbocycles. The van der Waals surface area contributed by atoms with Crippen molar-refractivity contribution in [3.05, 3.63) is 70.5 Å². The monoisotopic (exact) mass is 508 g/mol. The number of hydrogen-bond acceptors (Lipinski definition) is 6. The van der Waals surface area contributed by atoms with E-state index in [-0.39, 0.29) is 23.5 Å². The predicted molar refractivity (Wildman–Crippen MR) is 139 cm³/mol. The highest BCUT2D eigenvalue weighted by atomic mass is 19.3. The van der Waals surface area contributed by atoms with Crippen LogP contribution in [0.3, 0.4) is 0 Å². The van der Waals surface area contributed by atoms with Crippen molar-refractivity contribution >= 4 is 22.3 Å². The van der Waals surface area contributed by atoms with Crippen LogP contribution in [0.15, 0.2) is 53.5 Å². The fourth-order valence-electron chi connectivity index (χ4n) is 4.71. The summed E-state index contributed by atoms with van der Waals surface area (Å²) in [5.41, 5.74) is 9.31. The largest absolute Gasteiger partial charge is 0.382 e. The van der Waals surface area contributed by atoms with Gasteiger partial charge in [-0.2, -0.15) is 9.37 Å². The summed E-state index contributed by atoms with van der Waals surface area (Å²) in [6, 6.07) is 12.6. The number of aryl methyl sites for hydroxylation is 1. The molecule has 0 unspecified atom stereocenters. The number of halogens is 3. The number of nitrogens with two attached hydrogens (primary N) is 1. The molecule has 1 aliphatic rings. The molecule has 192 valence electrons. The highest BCUT2D eigenvalue weighted by Crippen LogP contribution is 2.31. The fourth-order valence-corrected chi connectivity index (χ4v) is 4.71. The summed E-state index contributed by atoms with van der Waals surface area (Å²) in [5.74, 6) is -0.806. The molecule has 0 radical (unpaired) electrons. The molecule has 4 aromatic rings. The summed E-state index contributed by atoms with van der Waals surface area (Å²) in [6.45, 7) is 5.17. The minimum Gasteiger partial charge on any atom is -0.382 e. The van der Waals surface area contributed by atoms with Gasteiger partial charge in [0, 0.05) is 67.5 Å². The first-order chi connectivity index (χ1) is 17.8. The molecule has 0 spiro atoms. The second kappa shape index (κ2) is 10.2. The van der Waals surface area contributed by atoms with Gasteiger partial charge in [-0.05, 0) is 42.1 Å². The van der Waals surface area contributed by atoms with E-state index in [0.29, 0.717) is 41.8 Å². The van der Waals surface area contributed by atoms with Gasteiger partial charge in [-0.3, -0.25) is 9.69 Å². The number of pyridine rings is 1. The van der Waals surface area contributed by atoms with Crippen molar-refractivity contribution in [2.75, 3.05) is 43.4 Å². The minimum atomic E-state index is -2.28. The Balaban J connectivity index is 1.39. The van der Waals surface area contributed by atoms with Crippen molar-refractivity contribution in [1.29, 1.82) is 0 Å². The average molecular weight is 509 g/mol. The third-order valence-electron chi connectivity index (χ3n) is 6.80. The second-order valence-corrected chi connectivity index (χ2v) is 9.21. The zero-order chi connectivity index (χ0) is 26.1. The van der Waals surface area contributed by atoms with Gasteiger partial charge in [0.2, 0.25) is 12.4 Å². The maximum absolute atomic E-state index is 14.9. The third-order valence-corrected chi connectivity index (χ3v) is 6.80. The number of H-pyrrole nitrogens is 1. The fraction of sp³-hybridized carbons (Fsp3) is 0.296. The first-order valence-corrected chi connectivity index (χ1v) is 12.1. The second-order valence-electron chi connectivity index (χ2n) is 9.21. The number of rotatable bonds is 6. The van der Waals surface area contributed by atoms with Crippen molar-refractivity contribution in [2.45, 2.75) is 19.8 Å². The molecule has 0 atom stereocenters. The van der Waals surface area contributed by atoms with E-state index in [1.807, 2.05) is 30.0 Å². The van der Waals surface area contributed by atoms with Gasteiger partial charge in [-0.25, -0.2) is 13.8 Å². The summed E-state index contributed by atoms with van der Waals surface area (Å²) in [4.78, 5) is 27.5. The highest BCUT2D eigenvalue weighted by Gasteiger charge is 2.20. The number of aromatic amines is 1. The molecule has 3 heterocycles. The number of piperazine rings is 1. The highest BCUT2D eigenvalue weighted by molar-refractivity contribution is 5.90. The van der Waals surface area contributed by atoms with Gasteiger partial charge < -0.3 is 15.6 Å². The van der Waals surface area contributed by atoms with Gasteiger partial charge in [0.05, 0.1) is 0 Å². The van der Waals surface area contributed by atoms with Gasteiger partial charge in [0.15, 0.2) is 5.82 Å². The Morgan fingerprint density at radius 3 is 2.38 bits per heavy atom. The summed E-state index contributed by atoms with van der Waals surface area (Å²) in [7, 11) is 0. The van der Waals surface area contributed by atoms with Crippen LogP contribution >= 0.6 is 0 Å². The summed E-state index contributed by atoms with van der Waals surface area (Å²) in [5, 5.41) is 1.30. The van der Waals surface area contributed by atoms with Crippen molar-refractivity contribution in [1.82, 2.24) is 19.9 Å². The number of alkyl halides is 2. The third kappa shape index (κ3) is 5.15. The molecule has 0 aliphatic carbocycles. The molecular formula is C27H27F3N6O. The average Bonchev–Trinajstić information content (AvgIpc) is 2.90. The quantitative estimate of drug-likeness (QED) is 0.400. The van der Waals surface area contributed by atoms with E-state index in [0.717, 1.165) is 29.7 Å². The van der Waals surface area contributed by atoms with Crippen LogP contribution in [0.5, 0.6) is 0 Å². The number of aromatic nitrogens is 3. The van der Waals surface area contributed by atoms with Crippen molar-refractivity contribution in [3.8, 4) is 22.5 Å². The Kier molecular flexibility index (Phi) is 6.84. The van der Waals surface area contributed by atoms with Crippen LogP contribution in [-0.2, 0) is 0 Å². The first-order valence-electron chi connectivity index (χ1n) is 12.1. The molecule has 0 bridgehead atoms. The van der Waals surface area contributed by atoms with E-state index in [9.17, 15) is 18.0 Å². The van der Waals surface area contributed by atoms with E-state index in [2.05, 4.69) is 19.9 Å². The Hall–Kier alpha value is -3.92. The lowest BCUT2D eigenvalue weighted by Crippen LogP contribution is -2.46. The number of hydrogen-bond donors (Lipinski definition) is 2. The van der Waals surface area contributed by atoms with Gasteiger partial charge in [0.25, 0.3) is 5.56 Å². The number of benzene rings is 2. The lowest BCUT2D eigenvalue weighted by Gasteiger charge is -2.36. The molecule has 0 amide bonds. The van der Waals surface area contributed by atoms with Crippen molar-refractivity contribution in [3.63, 3.8) is 0 Å². The van der Waals surface area contributed by atoms with Crippen LogP contribution in [0.25, 0.3) is 33.3 Å². The van der Waals surface area contributed by atoms with E-state index in [4.69, 9.17) is 5.73 Å². The zero-order valence-corrected chi connectivity index (χ0v) is 20.3. The minimum absolute atomic E-state index is 0.0376. The molecule has 1 aliphatic heterocycles. The maximum atomic E-state index is 14.9. The lowest BCUT2D eigenvalue weighted by molar-refractivity contribution is 0.114. The summed E-state index contributed by atoms with van der Waals surface area (Å²) < 4.78 is 39.8. The van der Waals surface area contributed by atoms with Gasteiger partial charge in [0.1, 0.15) is 11.4 Å². The Bertz CT molecular complexity index is 1480. The van der Waals surface area contributed by atoms with Crippen molar-refractivity contribution < 1.29 is 13.2 Å². The SMILES string of the molecule is Cc1c[nH]c(=O)c2ccc(-c3nc(-c4ccc(N5CCN(CCC(F)F)CC5)cc4)c(F)nc3N)cc12. The van der Waals surface area contributed by atoms with Crippen molar-refractivity contribution in [2.24, 2.45) is 0 Å². The molecule has 10 heteroatoms. The number of anilines is 2. The van der Waals surface area contributed by atoms with Crippen LogP contribution < -0.4 is 16.2 Å². The van der Waals surface area contributed by atoms with E-state index < -0.39 is 12.4 Å². The standard InChI is InChI=1S/C27H27F3N6O/c1-16-15-32-27(37)20-7-4-18(14-21(16)20)24-26(31)34-25(30)23(33-24)17-2-5-19(6-3-17)36-12-10-35(11-13-36)9-8-22(28)29/h2-7,14-15,22H,8-13H2,1H3,(H2,31,34)(H,32,37). The number of nitrogens with one attached hydrogen (secondary N) is 1. The summed E-state index contributed by atoms with van der Waals surface area (Å²) >= 11 is 0. The smallest absolute Gasteiger partial charge is 0.255 e. The lowest BCUT2D eigenvalue weighted by atomic mass is 10.0. The first kappa shape index (κ1) is 24.8. The van der Waals surface area contributed by atoms with Gasteiger partial charge >= 0.3 is 0 Å².